The number of anilines is 1. The zero-order valence-corrected chi connectivity index (χ0v) is 11.4. The van der Waals surface area contributed by atoms with Crippen molar-refractivity contribution in [1.29, 1.82) is 0 Å². The lowest BCUT2D eigenvalue weighted by Crippen LogP contribution is -2.26. The van der Waals surface area contributed by atoms with Gasteiger partial charge in [0.1, 0.15) is 5.82 Å². The van der Waals surface area contributed by atoms with Gasteiger partial charge in [0.05, 0.1) is 0 Å². The smallest absolute Gasteiger partial charge is 0.328 e. The van der Waals surface area contributed by atoms with E-state index >= 15 is 0 Å². The van der Waals surface area contributed by atoms with Gasteiger partial charge in [0.25, 0.3) is 5.91 Å². The van der Waals surface area contributed by atoms with Crippen molar-refractivity contribution in [3.05, 3.63) is 65.9 Å². The molecule has 0 bridgehead atoms. The minimum absolute atomic E-state index is 0.178. The quantitative estimate of drug-likeness (QED) is 0.874. The predicted molar refractivity (Wildman–Crippen MR) is 80.1 cm³/mol. The first-order chi connectivity index (χ1) is 10.1. The van der Waals surface area contributed by atoms with Gasteiger partial charge in [-0.25, -0.2) is 9.78 Å². The van der Waals surface area contributed by atoms with Crippen molar-refractivity contribution in [2.45, 2.75) is 0 Å². The molecular weight excluding hydrogens is 268 g/mol. The first-order valence-electron chi connectivity index (χ1n) is 6.28. The number of carbonyl (C=O) groups excluding carboxylic acids is 1. The summed E-state index contributed by atoms with van der Waals surface area (Å²) in [4.78, 5) is 28.3. The number of amides is 1. The number of pyridine rings is 1. The van der Waals surface area contributed by atoms with Crippen LogP contribution in [0.25, 0.3) is 6.08 Å². The Morgan fingerprint density at radius 1 is 1.14 bits per heavy atom. The van der Waals surface area contributed by atoms with Gasteiger partial charge in [-0.2, -0.15) is 0 Å². The average Bonchev–Trinajstić information content (AvgIpc) is 2.53. The molecule has 1 heterocycles. The highest BCUT2D eigenvalue weighted by atomic mass is 16.4. The van der Waals surface area contributed by atoms with Crippen LogP contribution in [0.4, 0.5) is 5.82 Å². The van der Waals surface area contributed by atoms with Crippen LogP contribution in [0.2, 0.25) is 0 Å². The summed E-state index contributed by atoms with van der Waals surface area (Å²) in [5.74, 6) is -0.621. The number of carboxylic acids is 1. The van der Waals surface area contributed by atoms with Crippen molar-refractivity contribution in [2.75, 3.05) is 11.9 Å². The van der Waals surface area contributed by atoms with E-state index in [1.54, 1.807) is 49.6 Å². The first kappa shape index (κ1) is 14.5. The third kappa shape index (κ3) is 3.76. The Kier molecular flexibility index (Phi) is 4.46. The van der Waals surface area contributed by atoms with Crippen LogP contribution in [0.1, 0.15) is 15.9 Å². The van der Waals surface area contributed by atoms with E-state index in [1.807, 2.05) is 6.07 Å². The van der Waals surface area contributed by atoms with Crippen LogP contribution >= 0.6 is 0 Å². The molecule has 5 heteroatoms. The van der Waals surface area contributed by atoms with Crippen LogP contribution < -0.4 is 4.90 Å². The molecule has 0 aliphatic rings. The number of aliphatic carboxylic acids is 1. The molecule has 2 rings (SSSR count). The Balaban J connectivity index is 2.15. The number of hydrogen-bond acceptors (Lipinski definition) is 3. The highest BCUT2D eigenvalue weighted by Gasteiger charge is 2.13. The Bertz CT molecular complexity index is 664. The van der Waals surface area contributed by atoms with Crippen LogP contribution in [0, 0.1) is 0 Å². The molecule has 0 fully saturated rings. The number of rotatable bonds is 4. The third-order valence-electron chi connectivity index (χ3n) is 2.87. The second-order valence-electron chi connectivity index (χ2n) is 4.35. The van der Waals surface area contributed by atoms with E-state index in [2.05, 4.69) is 4.98 Å². The molecule has 0 radical (unpaired) electrons. The highest BCUT2D eigenvalue weighted by molar-refractivity contribution is 6.05. The fourth-order valence-electron chi connectivity index (χ4n) is 1.75. The lowest BCUT2D eigenvalue weighted by molar-refractivity contribution is -0.131. The van der Waals surface area contributed by atoms with E-state index in [-0.39, 0.29) is 5.91 Å². The number of aromatic nitrogens is 1. The standard InChI is InChI=1S/C16H14N2O3/c1-18(14-4-2-3-11-17-14)16(21)13-8-5-12(6-9-13)7-10-15(19)20/h2-11H,1H3,(H,19,20)/b10-7+. The van der Waals surface area contributed by atoms with Gasteiger partial charge < -0.3 is 5.11 Å². The second-order valence-corrected chi connectivity index (χ2v) is 4.35. The molecule has 0 aliphatic carbocycles. The summed E-state index contributed by atoms with van der Waals surface area (Å²) < 4.78 is 0. The van der Waals surface area contributed by atoms with Gasteiger partial charge in [-0.05, 0) is 35.9 Å². The molecular formula is C16H14N2O3. The molecule has 1 aromatic carbocycles. The molecule has 1 N–H and O–H groups in total. The highest BCUT2D eigenvalue weighted by Crippen LogP contribution is 2.13. The van der Waals surface area contributed by atoms with Gasteiger partial charge in [0.15, 0.2) is 0 Å². The molecule has 0 aliphatic heterocycles. The molecule has 0 atom stereocenters. The number of hydrogen-bond donors (Lipinski definition) is 1. The predicted octanol–water partition coefficient (Wildman–Crippen LogP) is 2.46. The second kappa shape index (κ2) is 6.47. The number of carbonyl (C=O) groups is 2. The molecule has 21 heavy (non-hydrogen) atoms. The largest absolute Gasteiger partial charge is 0.478 e. The molecule has 106 valence electrons. The van der Waals surface area contributed by atoms with Crippen molar-refractivity contribution in [2.24, 2.45) is 0 Å². The van der Waals surface area contributed by atoms with E-state index in [4.69, 9.17) is 5.11 Å². The minimum atomic E-state index is -1.01. The van der Waals surface area contributed by atoms with Gasteiger partial charge >= 0.3 is 5.97 Å². The van der Waals surface area contributed by atoms with Crippen molar-refractivity contribution < 1.29 is 14.7 Å². The lowest BCUT2D eigenvalue weighted by atomic mass is 10.1. The van der Waals surface area contributed by atoms with Gasteiger partial charge in [-0.15, -0.1) is 0 Å². The van der Waals surface area contributed by atoms with Crippen LogP contribution in [-0.4, -0.2) is 29.0 Å². The van der Waals surface area contributed by atoms with Gasteiger partial charge in [0, 0.05) is 24.9 Å². The normalized spacial score (nSPS) is 10.5. The maximum Gasteiger partial charge on any atom is 0.328 e. The molecule has 0 spiro atoms. The summed E-state index contributed by atoms with van der Waals surface area (Å²) in [5.41, 5.74) is 1.23. The average molecular weight is 282 g/mol. The molecule has 5 nitrogen and oxygen atoms in total. The zero-order chi connectivity index (χ0) is 15.2. The Morgan fingerprint density at radius 2 is 1.86 bits per heavy atom. The summed E-state index contributed by atoms with van der Waals surface area (Å²) in [7, 11) is 1.66. The van der Waals surface area contributed by atoms with E-state index in [0.29, 0.717) is 11.4 Å². The number of nitrogens with zero attached hydrogens (tertiary/aromatic N) is 2. The molecule has 0 saturated heterocycles. The topological polar surface area (TPSA) is 70.5 Å². The summed E-state index contributed by atoms with van der Waals surface area (Å²) in [6.07, 6.45) is 4.15. The Morgan fingerprint density at radius 3 is 2.43 bits per heavy atom. The fraction of sp³-hybridized carbons (Fsp3) is 0.0625. The minimum Gasteiger partial charge on any atom is -0.478 e. The van der Waals surface area contributed by atoms with Crippen molar-refractivity contribution in [3.8, 4) is 0 Å². The van der Waals surface area contributed by atoms with Crippen molar-refractivity contribution in [3.63, 3.8) is 0 Å². The summed E-state index contributed by atoms with van der Waals surface area (Å²) >= 11 is 0. The number of carboxylic acid groups (broad SMARTS) is 1. The maximum absolute atomic E-state index is 12.3. The first-order valence-corrected chi connectivity index (χ1v) is 6.28. The van der Waals surface area contributed by atoms with Crippen LogP contribution in [-0.2, 0) is 4.79 Å². The van der Waals surface area contributed by atoms with Crippen LogP contribution in [0.5, 0.6) is 0 Å². The molecule has 1 amide bonds. The Labute approximate surface area is 122 Å². The van der Waals surface area contributed by atoms with E-state index < -0.39 is 5.97 Å². The van der Waals surface area contributed by atoms with Crippen molar-refractivity contribution in [1.82, 2.24) is 4.98 Å². The van der Waals surface area contributed by atoms with E-state index in [0.717, 1.165) is 11.6 Å². The monoisotopic (exact) mass is 282 g/mol. The molecule has 2 aromatic rings. The summed E-state index contributed by atoms with van der Waals surface area (Å²) in [5, 5.41) is 8.56. The van der Waals surface area contributed by atoms with E-state index in [9.17, 15) is 9.59 Å². The van der Waals surface area contributed by atoms with Gasteiger partial charge in [-0.3, -0.25) is 9.69 Å². The van der Waals surface area contributed by atoms with Gasteiger partial charge in [0.2, 0.25) is 0 Å². The van der Waals surface area contributed by atoms with Crippen LogP contribution in [0.15, 0.2) is 54.7 Å². The fourth-order valence-corrected chi connectivity index (χ4v) is 1.75. The van der Waals surface area contributed by atoms with Crippen LogP contribution in [0.3, 0.4) is 0 Å². The SMILES string of the molecule is CN(C(=O)c1ccc(/C=C/C(=O)O)cc1)c1ccccn1. The van der Waals surface area contributed by atoms with Gasteiger partial charge in [-0.1, -0.05) is 18.2 Å². The number of benzene rings is 1. The lowest BCUT2D eigenvalue weighted by Gasteiger charge is -2.16. The molecule has 0 unspecified atom stereocenters. The van der Waals surface area contributed by atoms with E-state index in [1.165, 1.54) is 11.0 Å². The summed E-state index contributed by atoms with van der Waals surface area (Å²) in [6.45, 7) is 0. The maximum atomic E-state index is 12.3. The third-order valence-corrected chi connectivity index (χ3v) is 2.87. The Hall–Kier alpha value is -2.95. The molecule has 0 saturated carbocycles. The zero-order valence-electron chi connectivity index (χ0n) is 11.4. The molecule has 1 aromatic heterocycles. The van der Waals surface area contributed by atoms with Crippen molar-refractivity contribution >= 4 is 23.8 Å². The summed E-state index contributed by atoms with van der Waals surface area (Å²) in [6, 6.07) is 12.0.